The van der Waals surface area contributed by atoms with E-state index in [1.165, 1.54) is 0 Å². The van der Waals surface area contributed by atoms with Gasteiger partial charge in [-0.05, 0) is 56.9 Å². The number of amides is 2. The fourth-order valence-electron chi connectivity index (χ4n) is 4.96. The summed E-state index contributed by atoms with van der Waals surface area (Å²) in [6.45, 7) is 6.39. The molecule has 3 aromatic rings. The maximum absolute atomic E-state index is 13.8. The number of hydrogen-bond acceptors (Lipinski definition) is 3. The number of fused-ring (bicyclic) bond motifs is 1. The summed E-state index contributed by atoms with van der Waals surface area (Å²) in [5, 5.41) is 4.18. The lowest BCUT2D eigenvalue weighted by molar-refractivity contribution is -0.128. The second kappa shape index (κ2) is 9.11. The lowest BCUT2D eigenvalue weighted by atomic mass is 9.79. The molecule has 0 atom stereocenters. The number of benzene rings is 2. The van der Waals surface area contributed by atoms with Crippen molar-refractivity contribution in [1.82, 2.24) is 9.88 Å². The zero-order valence-corrected chi connectivity index (χ0v) is 19.1. The van der Waals surface area contributed by atoms with Gasteiger partial charge in [0.05, 0.1) is 5.52 Å². The molecule has 0 saturated heterocycles. The van der Waals surface area contributed by atoms with Gasteiger partial charge in [0.15, 0.2) is 0 Å². The minimum absolute atomic E-state index is 0.0920. The first kappa shape index (κ1) is 22.0. The van der Waals surface area contributed by atoms with E-state index in [1.807, 2.05) is 69.3 Å². The molecule has 1 heterocycles. The molecule has 0 spiro atoms. The highest BCUT2D eigenvalue weighted by atomic mass is 16.2. The van der Waals surface area contributed by atoms with Crippen LogP contribution in [-0.4, -0.2) is 33.8 Å². The van der Waals surface area contributed by atoms with Crippen LogP contribution < -0.4 is 5.32 Å². The van der Waals surface area contributed by atoms with Gasteiger partial charge in [-0.2, -0.15) is 0 Å². The number of pyridine rings is 1. The molecule has 2 amide bonds. The maximum Gasteiger partial charge on any atom is 0.273 e. The minimum atomic E-state index is -0.869. The molecule has 1 N–H and O–H groups in total. The summed E-state index contributed by atoms with van der Waals surface area (Å²) in [5.74, 6) is -0.276. The second-order valence-corrected chi connectivity index (χ2v) is 8.75. The van der Waals surface area contributed by atoms with Crippen molar-refractivity contribution in [3.8, 4) is 0 Å². The van der Waals surface area contributed by atoms with Crippen LogP contribution in [0.25, 0.3) is 10.9 Å². The first-order valence-corrected chi connectivity index (χ1v) is 11.5. The van der Waals surface area contributed by atoms with Crippen LogP contribution in [0.2, 0.25) is 0 Å². The number of carbonyl (C=O) groups is 2. The number of likely N-dealkylation sites (N-methyl/N-ethyl adjacent to an activating group) is 1. The van der Waals surface area contributed by atoms with E-state index in [4.69, 9.17) is 0 Å². The molecule has 0 bridgehead atoms. The summed E-state index contributed by atoms with van der Waals surface area (Å²) in [6, 6.07) is 17.4. The molecule has 0 radical (unpaired) electrons. The number of aromatic nitrogens is 1. The largest absolute Gasteiger partial charge is 0.324 e. The topological polar surface area (TPSA) is 62.3 Å². The van der Waals surface area contributed by atoms with Gasteiger partial charge in [0.25, 0.3) is 5.91 Å². The molecule has 32 heavy (non-hydrogen) atoms. The van der Waals surface area contributed by atoms with Crippen LogP contribution in [0.4, 0.5) is 5.69 Å². The smallest absolute Gasteiger partial charge is 0.273 e. The molecule has 1 saturated carbocycles. The summed E-state index contributed by atoms with van der Waals surface area (Å²) in [6.07, 6.45) is 4.26. The Kier molecular flexibility index (Phi) is 6.26. The van der Waals surface area contributed by atoms with E-state index in [0.29, 0.717) is 25.1 Å². The van der Waals surface area contributed by atoms with Crippen molar-refractivity contribution >= 4 is 28.4 Å². The van der Waals surface area contributed by atoms with Crippen LogP contribution in [0.1, 0.15) is 60.6 Å². The molecule has 166 valence electrons. The van der Waals surface area contributed by atoms with Crippen molar-refractivity contribution in [2.45, 2.75) is 58.4 Å². The van der Waals surface area contributed by atoms with Crippen molar-refractivity contribution < 1.29 is 9.59 Å². The van der Waals surface area contributed by atoms with Gasteiger partial charge in [-0.1, -0.05) is 61.7 Å². The Balaban J connectivity index is 1.71. The summed E-state index contributed by atoms with van der Waals surface area (Å²) < 4.78 is 0. The highest BCUT2D eigenvalue weighted by molar-refractivity contribution is 6.04. The van der Waals surface area contributed by atoms with Gasteiger partial charge in [0, 0.05) is 17.6 Å². The SMILES string of the molecule is CCN(C(=O)c1ccc2ccccc2n1)C1(C(=O)Nc2c(C)cccc2C)CCCCC1. The molecule has 1 aliphatic rings. The predicted octanol–water partition coefficient (Wildman–Crippen LogP) is 5.66. The fraction of sp³-hybridized carbons (Fsp3) is 0.370. The zero-order chi connectivity index (χ0) is 22.7. The molecule has 1 fully saturated rings. The monoisotopic (exact) mass is 429 g/mol. The second-order valence-electron chi connectivity index (χ2n) is 8.75. The Morgan fingerprint density at radius 2 is 1.62 bits per heavy atom. The summed E-state index contributed by atoms with van der Waals surface area (Å²) in [4.78, 5) is 33.9. The Hall–Kier alpha value is -3.21. The van der Waals surface area contributed by atoms with Crippen molar-refractivity contribution in [1.29, 1.82) is 0 Å². The Labute approximate surface area is 189 Å². The van der Waals surface area contributed by atoms with E-state index in [-0.39, 0.29) is 11.8 Å². The third kappa shape index (κ3) is 3.99. The van der Waals surface area contributed by atoms with E-state index in [0.717, 1.165) is 47.0 Å². The van der Waals surface area contributed by atoms with Gasteiger partial charge in [-0.3, -0.25) is 9.59 Å². The third-order valence-corrected chi connectivity index (χ3v) is 6.72. The normalized spacial score (nSPS) is 15.3. The van der Waals surface area contributed by atoms with Gasteiger partial charge in [0.1, 0.15) is 11.2 Å². The van der Waals surface area contributed by atoms with E-state index in [9.17, 15) is 9.59 Å². The number of nitrogens with one attached hydrogen (secondary N) is 1. The van der Waals surface area contributed by atoms with E-state index in [1.54, 1.807) is 11.0 Å². The van der Waals surface area contributed by atoms with Crippen molar-refractivity contribution in [2.24, 2.45) is 0 Å². The molecular weight excluding hydrogens is 398 g/mol. The molecule has 4 rings (SSSR count). The van der Waals surface area contributed by atoms with Crippen LogP contribution in [0.3, 0.4) is 0 Å². The first-order chi connectivity index (χ1) is 15.5. The quantitative estimate of drug-likeness (QED) is 0.570. The number of para-hydroxylation sites is 2. The van der Waals surface area contributed by atoms with Crippen LogP contribution in [0.15, 0.2) is 54.6 Å². The van der Waals surface area contributed by atoms with Crippen LogP contribution in [0.5, 0.6) is 0 Å². The molecule has 0 aliphatic heterocycles. The van der Waals surface area contributed by atoms with Gasteiger partial charge < -0.3 is 10.2 Å². The Bertz CT molecular complexity index is 1130. The van der Waals surface area contributed by atoms with Crippen LogP contribution in [-0.2, 0) is 4.79 Å². The van der Waals surface area contributed by atoms with Crippen LogP contribution in [0, 0.1) is 13.8 Å². The summed E-state index contributed by atoms with van der Waals surface area (Å²) in [5.41, 5.74) is 3.19. The zero-order valence-electron chi connectivity index (χ0n) is 19.1. The van der Waals surface area contributed by atoms with Crippen LogP contribution >= 0.6 is 0 Å². The molecule has 1 aromatic heterocycles. The Morgan fingerprint density at radius 3 is 2.31 bits per heavy atom. The molecule has 0 unspecified atom stereocenters. The van der Waals surface area contributed by atoms with E-state index >= 15 is 0 Å². The number of anilines is 1. The fourth-order valence-corrected chi connectivity index (χ4v) is 4.96. The average molecular weight is 430 g/mol. The Morgan fingerprint density at radius 1 is 0.938 bits per heavy atom. The van der Waals surface area contributed by atoms with Gasteiger partial charge >= 0.3 is 0 Å². The van der Waals surface area contributed by atoms with Gasteiger partial charge in [0.2, 0.25) is 5.91 Å². The molecule has 5 heteroatoms. The number of carbonyl (C=O) groups excluding carboxylic acids is 2. The van der Waals surface area contributed by atoms with E-state index < -0.39 is 5.54 Å². The van der Waals surface area contributed by atoms with Gasteiger partial charge in [-0.25, -0.2) is 4.98 Å². The molecule has 1 aliphatic carbocycles. The van der Waals surface area contributed by atoms with Crippen molar-refractivity contribution in [3.63, 3.8) is 0 Å². The average Bonchev–Trinajstić information content (AvgIpc) is 2.82. The highest BCUT2D eigenvalue weighted by Gasteiger charge is 2.47. The van der Waals surface area contributed by atoms with Crippen molar-refractivity contribution in [3.05, 3.63) is 71.4 Å². The number of aryl methyl sites for hydroxylation is 2. The maximum atomic E-state index is 13.8. The summed E-state index contributed by atoms with van der Waals surface area (Å²) >= 11 is 0. The minimum Gasteiger partial charge on any atom is -0.324 e. The molecular formula is C27H31N3O2. The first-order valence-electron chi connectivity index (χ1n) is 11.5. The lowest BCUT2D eigenvalue weighted by Gasteiger charge is -2.44. The number of rotatable bonds is 5. The number of hydrogen-bond donors (Lipinski definition) is 1. The van der Waals surface area contributed by atoms with E-state index in [2.05, 4.69) is 10.3 Å². The highest BCUT2D eigenvalue weighted by Crippen LogP contribution is 2.36. The van der Waals surface area contributed by atoms with Crippen molar-refractivity contribution in [2.75, 3.05) is 11.9 Å². The predicted molar refractivity (Wildman–Crippen MR) is 129 cm³/mol. The molecule has 5 nitrogen and oxygen atoms in total. The number of nitrogens with zero attached hydrogens (tertiary/aromatic N) is 2. The van der Waals surface area contributed by atoms with Gasteiger partial charge in [-0.15, -0.1) is 0 Å². The standard InChI is InChI=1S/C27H31N3O2/c1-4-30(25(31)23-16-15-21-13-6-7-14-22(21)28-23)27(17-8-5-9-18-27)26(32)29-24-19(2)11-10-12-20(24)3/h6-7,10-16H,4-5,8-9,17-18H2,1-3H3,(H,29,32). The lowest BCUT2D eigenvalue weighted by Crippen LogP contribution is -2.60. The summed E-state index contributed by atoms with van der Waals surface area (Å²) in [7, 11) is 0. The third-order valence-electron chi connectivity index (χ3n) is 6.72. The molecule has 2 aromatic carbocycles.